The van der Waals surface area contributed by atoms with E-state index in [4.69, 9.17) is 9.47 Å². The van der Waals surface area contributed by atoms with Gasteiger partial charge in [-0.3, -0.25) is 23.0 Å². The molecule has 0 radical (unpaired) electrons. The molecule has 0 bridgehead atoms. The predicted molar refractivity (Wildman–Crippen MR) is 223 cm³/mol. The zero-order chi connectivity index (χ0) is 49.6. The minimum Gasteiger partial charge on any atom is -0.505 e. The minimum atomic E-state index is -5.54. The molecule has 28 nitrogen and oxygen atoms in total. The normalized spacial score (nSPS) is 15.0. The van der Waals surface area contributed by atoms with Gasteiger partial charge < -0.3 is 24.8 Å². The van der Waals surface area contributed by atoms with Crippen LogP contribution >= 0.6 is 0 Å². The molecule has 7 N–H and O–H groups in total. The molecule has 1 atom stereocenters. The maximum Gasteiger partial charge on any atom is 0.355 e. The summed E-state index contributed by atoms with van der Waals surface area (Å²) >= 11 is 0. The molecule has 0 aromatic heterocycles. The lowest BCUT2D eigenvalue weighted by atomic mass is 10.1. The number of phenolic OH excluding ortho intramolecular Hbond substituents is 1. The van der Waals surface area contributed by atoms with Crippen LogP contribution in [-0.2, 0) is 50.1 Å². The number of azo groups is 3. The Balaban J connectivity index is 1.41. The van der Waals surface area contributed by atoms with E-state index < -0.39 is 123 Å². The Morgan fingerprint density at radius 3 is 1.66 bits per heavy atom. The number of anilines is 1. The van der Waals surface area contributed by atoms with Crippen LogP contribution in [0.3, 0.4) is 0 Å². The van der Waals surface area contributed by atoms with Crippen LogP contribution in [0.15, 0.2) is 128 Å². The highest BCUT2D eigenvalue weighted by Gasteiger charge is 2.41. The first kappa shape index (κ1) is 48.7. The topological polar surface area (TPSA) is 438 Å². The van der Waals surface area contributed by atoms with Crippen molar-refractivity contribution in [1.82, 2.24) is 0 Å². The maximum absolute atomic E-state index is 13.3. The molecule has 0 spiro atoms. The number of amides is 1. The molecule has 5 aromatic carbocycles. The average molecular weight is 1010 g/mol. The minimum absolute atomic E-state index is 0.166. The number of aromatic carboxylic acids is 1. The van der Waals surface area contributed by atoms with Crippen LogP contribution in [0.4, 0.5) is 34.1 Å². The molecule has 67 heavy (non-hydrogen) atoms. The van der Waals surface area contributed by atoms with Gasteiger partial charge in [0.2, 0.25) is 6.04 Å². The third kappa shape index (κ3) is 10.1. The fourth-order valence-electron chi connectivity index (χ4n) is 5.96. The molecule has 1 amide bonds. The standard InChI is InChI=1S/C35H26N8O20S4/c1-62-25-14-24(26(63-2)13-23(25)38-36-21-9-7-17(65(53,54)55)11-20(21)34(46)47)39-40-28-27(66(56,57)58)12-19-18(31(28)44)8-10-22(32(19)67(59,60)61)37-41-29-30(35(48)49)42-43(33(29)45)15-3-5-16(6-4-15)64(50,51)52/h3-14,29,44H,1-2H3,(H,46,47)(H,48,49)(H,50,51,52)(H,53,54,55)(H,56,57,58)(H,59,60,61). The number of hydrazone groups is 1. The number of phenols is 1. The van der Waals surface area contributed by atoms with Gasteiger partial charge in [-0.1, -0.05) is 0 Å². The number of benzene rings is 5. The largest absolute Gasteiger partial charge is 0.505 e. The van der Waals surface area contributed by atoms with E-state index in [9.17, 15) is 81.6 Å². The Morgan fingerprint density at radius 1 is 0.612 bits per heavy atom. The molecule has 0 saturated carbocycles. The van der Waals surface area contributed by atoms with Gasteiger partial charge in [-0.05, 0) is 60.7 Å². The van der Waals surface area contributed by atoms with Crippen molar-refractivity contribution in [2.45, 2.75) is 25.6 Å². The van der Waals surface area contributed by atoms with Gasteiger partial charge in [0.05, 0.1) is 35.3 Å². The highest BCUT2D eigenvalue weighted by molar-refractivity contribution is 7.87. The number of hydrogen-bond donors (Lipinski definition) is 7. The number of rotatable bonds is 15. The molecule has 1 aliphatic heterocycles. The van der Waals surface area contributed by atoms with E-state index in [1.165, 1.54) is 0 Å². The summed E-state index contributed by atoms with van der Waals surface area (Å²) in [5.41, 5.74) is -4.58. The number of methoxy groups -OCH3 is 2. The molecule has 0 saturated heterocycles. The lowest BCUT2D eigenvalue weighted by Crippen LogP contribution is -2.33. The first-order valence-electron chi connectivity index (χ1n) is 17.5. The molecule has 1 unspecified atom stereocenters. The van der Waals surface area contributed by atoms with E-state index in [-0.39, 0.29) is 34.2 Å². The van der Waals surface area contributed by atoms with Crippen LogP contribution in [0.2, 0.25) is 0 Å². The van der Waals surface area contributed by atoms with Gasteiger partial charge in [-0.25, -0.2) is 9.59 Å². The second-order valence-corrected chi connectivity index (χ2v) is 18.7. The average Bonchev–Trinajstić information content (AvgIpc) is 3.58. The lowest BCUT2D eigenvalue weighted by molar-refractivity contribution is -0.130. The van der Waals surface area contributed by atoms with Gasteiger partial charge in [0.1, 0.15) is 49.7 Å². The molecule has 0 aliphatic carbocycles. The van der Waals surface area contributed by atoms with Crippen molar-refractivity contribution in [3.8, 4) is 17.2 Å². The van der Waals surface area contributed by atoms with E-state index in [0.29, 0.717) is 17.1 Å². The second kappa shape index (κ2) is 17.9. The van der Waals surface area contributed by atoms with E-state index in [2.05, 4.69) is 35.8 Å². The van der Waals surface area contributed by atoms with Gasteiger partial charge in [-0.2, -0.15) is 54.0 Å². The lowest BCUT2D eigenvalue weighted by Gasteiger charge is -2.13. The van der Waals surface area contributed by atoms with Crippen molar-refractivity contribution < 1.29 is 91.1 Å². The van der Waals surface area contributed by atoms with Crippen LogP contribution in [0.1, 0.15) is 10.4 Å². The van der Waals surface area contributed by atoms with E-state index >= 15 is 0 Å². The smallest absolute Gasteiger partial charge is 0.355 e. The van der Waals surface area contributed by atoms with Crippen LogP contribution in [0.25, 0.3) is 10.8 Å². The van der Waals surface area contributed by atoms with Crippen LogP contribution < -0.4 is 14.5 Å². The van der Waals surface area contributed by atoms with E-state index in [1.54, 1.807) is 0 Å². The van der Waals surface area contributed by atoms with Gasteiger partial charge in [-0.15, -0.1) is 20.5 Å². The number of fused-ring (bicyclic) bond motifs is 1. The van der Waals surface area contributed by atoms with Gasteiger partial charge in [0, 0.05) is 22.9 Å². The Bertz CT molecular complexity index is 3540. The molecule has 0 fully saturated rings. The number of nitrogens with zero attached hydrogens (tertiary/aromatic N) is 8. The number of carboxylic acids is 2. The summed E-state index contributed by atoms with van der Waals surface area (Å²) in [5, 5.41) is 56.0. The van der Waals surface area contributed by atoms with Gasteiger partial charge >= 0.3 is 11.9 Å². The number of aromatic hydroxyl groups is 1. The summed E-state index contributed by atoms with van der Waals surface area (Å²) in [7, 11) is -18.2. The molecule has 350 valence electrons. The summed E-state index contributed by atoms with van der Waals surface area (Å²) in [6.45, 7) is 0. The van der Waals surface area contributed by atoms with Crippen molar-refractivity contribution in [1.29, 1.82) is 0 Å². The zero-order valence-corrected chi connectivity index (χ0v) is 36.4. The molecule has 1 aliphatic rings. The van der Waals surface area contributed by atoms with Gasteiger partial charge in [0.15, 0.2) is 11.5 Å². The summed E-state index contributed by atoms with van der Waals surface area (Å²) in [4.78, 5) is 33.2. The van der Waals surface area contributed by atoms with Crippen LogP contribution in [0, 0.1) is 0 Å². The molecule has 6 rings (SSSR count). The van der Waals surface area contributed by atoms with Crippen molar-refractivity contribution >= 4 is 109 Å². The van der Waals surface area contributed by atoms with Crippen molar-refractivity contribution in [2.75, 3.05) is 19.2 Å². The fourth-order valence-corrected chi connectivity index (χ4v) is 8.42. The van der Waals surface area contributed by atoms with Crippen molar-refractivity contribution in [3.63, 3.8) is 0 Å². The monoisotopic (exact) mass is 1010 g/mol. The van der Waals surface area contributed by atoms with Crippen LogP contribution in [0.5, 0.6) is 17.2 Å². The summed E-state index contributed by atoms with van der Waals surface area (Å²) in [6, 6.07) is 8.37. The van der Waals surface area contributed by atoms with Gasteiger partial charge in [0.25, 0.3) is 46.4 Å². The third-order valence-electron chi connectivity index (χ3n) is 8.99. The number of ether oxygens (including phenoxy) is 2. The molecular formula is C35H26N8O20S4. The summed E-state index contributed by atoms with van der Waals surface area (Å²) in [5.74, 6) is -6.23. The molecule has 5 aromatic rings. The Hall–Kier alpha value is -7.72. The fraction of sp³-hybridized carbons (Fsp3) is 0.0857. The SMILES string of the molecule is COc1cc(N=Nc2c(S(=O)(=O)O)cc3c(S(=O)(=O)O)c(N=NC4C(=O)N(c5ccc(S(=O)(=O)O)cc5)N=C4C(=O)O)ccc3c2O)c(OC)cc1N=Nc1ccc(S(=O)(=O)O)cc1C(=O)O. The first-order valence-corrected chi connectivity index (χ1v) is 23.3. The first-order chi connectivity index (χ1) is 31.1. The van der Waals surface area contributed by atoms with Crippen LogP contribution in [-0.4, -0.2) is 111 Å². The highest BCUT2D eigenvalue weighted by atomic mass is 32.2. The molecule has 1 heterocycles. The quantitative estimate of drug-likeness (QED) is 0.0534. The Labute approximate surface area is 374 Å². The number of aliphatic carboxylic acids is 1. The van der Waals surface area contributed by atoms with E-state index in [1.807, 2.05) is 0 Å². The highest BCUT2D eigenvalue weighted by Crippen LogP contribution is 2.47. The zero-order valence-electron chi connectivity index (χ0n) is 33.2. The summed E-state index contributed by atoms with van der Waals surface area (Å²) < 4.78 is 147. The predicted octanol–water partition coefficient (Wildman–Crippen LogP) is 5.02. The number of carbonyl (C=O) groups excluding carboxylic acids is 1. The summed E-state index contributed by atoms with van der Waals surface area (Å²) in [6.07, 6.45) is 0. The second-order valence-electron chi connectivity index (χ2n) is 13.1. The number of hydrogen-bond acceptors (Lipinski definition) is 21. The van der Waals surface area contributed by atoms with Crippen molar-refractivity contribution in [3.05, 3.63) is 78.4 Å². The third-order valence-corrected chi connectivity index (χ3v) is 12.5. The molecular weight excluding hydrogens is 981 g/mol. The Morgan fingerprint density at radius 2 is 1.15 bits per heavy atom. The Kier molecular flexibility index (Phi) is 13.0. The van der Waals surface area contributed by atoms with Crippen molar-refractivity contribution in [2.24, 2.45) is 35.8 Å². The maximum atomic E-state index is 13.3. The molecule has 32 heteroatoms. The number of carboxylic acid groups (broad SMARTS) is 2. The van der Waals surface area contributed by atoms with E-state index in [0.717, 1.165) is 74.9 Å². The number of carbonyl (C=O) groups is 3.